The number of aromatic nitrogens is 1. The molecule has 1 aliphatic rings. The summed E-state index contributed by atoms with van der Waals surface area (Å²) < 4.78 is 28.6. The lowest BCUT2D eigenvalue weighted by molar-refractivity contribution is 0.102. The van der Waals surface area contributed by atoms with Crippen molar-refractivity contribution in [2.75, 3.05) is 18.4 Å². The zero-order valence-corrected chi connectivity index (χ0v) is 19.8. The van der Waals surface area contributed by atoms with E-state index in [9.17, 15) is 13.2 Å². The number of carbonyl (C=O) groups is 1. The number of thiazole rings is 1. The molecule has 1 fully saturated rings. The van der Waals surface area contributed by atoms with Crippen LogP contribution in [-0.4, -0.2) is 36.7 Å². The quantitative estimate of drug-likeness (QED) is 0.608. The number of fused-ring (bicyclic) bond motifs is 1. The summed E-state index contributed by atoms with van der Waals surface area (Å²) in [5.74, 6) is 0.367. The summed E-state index contributed by atoms with van der Waals surface area (Å²) in [5, 5.41) is 3.35. The summed E-state index contributed by atoms with van der Waals surface area (Å²) in [6.45, 7) is 9.31. The summed E-state index contributed by atoms with van der Waals surface area (Å²) in [4.78, 5) is 17.4. The molecule has 6 nitrogen and oxygen atoms in total. The second-order valence-corrected chi connectivity index (χ2v) is 11.6. The van der Waals surface area contributed by atoms with Crippen LogP contribution in [-0.2, 0) is 10.0 Å². The van der Waals surface area contributed by atoms with E-state index in [4.69, 9.17) is 0 Å². The molecule has 0 spiro atoms. The molecule has 31 heavy (non-hydrogen) atoms. The minimum absolute atomic E-state index is 0.219. The van der Waals surface area contributed by atoms with Crippen LogP contribution in [0, 0.1) is 25.7 Å². The number of hydrogen-bond acceptors (Lipinski definition) is 5. The maximum absolute atomic E-state index is 13.0. The van der Waals surface area contributed by atoms with E-state index >= 15 is 0 Å². The standard InChI is InChI=1S/C23H27N3O3S2/c1-14-9-15(2)13-26(12-14)31(28,29)19-7-5-18(6-8-19)22(27)25-23-24-20-10-16(3)17(4)11-21(20)30-23/h5-8,10-11,14-15H,9,12-13H2,1-4H3,(H,24,25,27). The zero-order valence-electron chi connectivity index (χ0n) is 18.2. The van der Waals surface area contributed by atoms with E-state index in [1.165, 1.54) is 29.0 Å². The van der Waals surface area contributed by atoms with Crippen molar-refractivity contribution < 1.29 is 13.2 Å². The van der Waals surface area contributed by atoms with Crippen molar-refractivity contribution in [3.63, 3.8) is 0 Å². The van der Waals surface area contributed by atoms with Crippen LogP contribution in [0.25, 0.3) is 10.2 Å². The molecule has 1 aromatic heterocycles. The topological polar surface area (TPSA) is 79.4 Å². The molecule has 0 aliphatic carbocycles. The Morgan fingerprint density at radius 3 is 2.32 bits per heavy atom. The third-order valence-electron chi connectivity index (χ3n) is 5.81. The number of sulfonamides is 1. The smallest absolute Gasteiger partial charge is 0.257 e. The van der Waals surface area contributed by atoms with Gasteiger partial charge in [-0.2, -0.15) is 4.31 Å². The lowest BCUT2D eigenvalue weighted by atomic mass is 9.94. The van der Waals surface area contributed by atoms with Crippen LogP contribution in [0.15, 0.2) is 41.3 Å². The van der Waals surface area contributed by atoms with Gasteiger partial charge >= 0.3 is 0 Å². The fourth-order valence-electron chi connectivity index (χ4n) is 4.13. The van der Waals surface area contributed by atoms with Crippen LogP contribution in [0.3, 0.4) is 0 Å². The monoisotopic (exact) mass is 457 g/mol. The molecule has 8 heteroatoms. The highest BCUT2D eigenvalue weighted by Crippen LogP contribution is 2.29. The third-order valence-corrected chi connectivity index (χ3v) is 8.59. The minimum atomic E-state index is -3.56. The van der Waals surface area contributed by atoms with Crippen molar-refractivity contribution >= 4 is 42.6 Å². The summed E-state index contributed by atoms with van der Waals surface area (Å²) in [6.07, 6.45) is 1.04. The summed E-state index contributed by atoms with van der Waals surface area (Å²) >= 11 is 1.42. The van der Waals surface area contributed by atoms with Gasteiger partial charge in [0.05, 0.1) is 15.1 Å². The van der Waals surface area contributed by atoms with Gasteiger partial charge in [-0.15, -0.1) is 0 Å². The first kappa shape index (κ1) is 21.9. The van der Waals surface area contributed by atoms with Gasteiger partial charge in [0.25, 0.3) is 5.91 Å². The van der Waals surface area contributed by atoms with Crippen LogP contribution in [0.5, 0.6) is 0 Å². The Morgan fingerprint density at radius 1 is 1.06 bits per heavy atom. The third kappa shape index (κ3) is 4.51. The van der Waals surface area contributed by atoms with Crippen molar-refractivity contribution in [3.05, 3.63) is 53.1 Å². The predicted molar refractivity (Wildman–Crippen MR) is 125 cm³/mol. The van der Waals surface area contributed by atoms with Gasteiger partial charge < -0.3 is 0 Å². The van der Waals surface area contributed by atoms with Gasteiger partial charge in [0.1, 0.15) is 0 Å². The van der Waals surface area contributed by atoms with Crippen LogP contribution >= 0.6 is 11.3 Å². The number of benzene rings is 2. The molecule has 2 heterocycles. The van der Waals surface area contributed by atoms with Gasteiger partial charge in [0.15, 0.2) is 5.13 Å². The number of anilines is 1. The van der Waals surface area contributed by atoms with Crippen molar-refractivity contribution in [1.82, 2.24) is 9.29 Å². The molecule has 1 N–H and O–H groups in total. The molecule has 164 valence electrons. The molecule has 0 bridgehead atoms. The van der Waals surface area contributed by atoms with Crippen LogP contribution in [0.4, 0.5) is 5.13 Å². The Hall–Kier alpha value is -2.29. The Balaban J connectivity index is 1.50. The van der Waals surface area contributed by atoms with E-state index in [2.05, 4.69) is 30.2 Å². The molecule has 0 saturated carbocycles. The van der Waals surface area contributed by atoms with Crippen LogP contribution in [0.1, 0.15) is 41.8 Å². The molecular weight excluding hydrogens is 430 g/mol. The summed E-state index contributed by atoms with van der Waals surface area (Å²) in [7, 11) is -3.56. The Bertz CT molecular complexity index is 1180. The van der Waals surface area contributed by atoms with E-state index in [1.54, 1.807) is 16.4 Å². The van der Waals surface area contributed by atoms with Crippen molar-refractivity contribution in [1.29, 1.82) is 0 Å². The number of hydrogen-bond donors (Lipinski definition) is 1. The van der Waals surface area contributed by atoms with Gasteiger partial charge in [-0.1, -0.05) is 25.2 Å². The van der Waals surface area contributed by atoms with Crippen LogP contribution < -0.4 is 5.32 Å². The van der Waals surface area contributed by atoms with Gasteiger partial charge in [-0.3, -0.25) is 10.1 Å². The normalized spacial score (nSPS) is 20.1. The highest BCUT2D eigenvalue weighted by atomic mass is 32.2. The van der Waals surface area contributed by atoms with E-state index in [1.807, 2.05) is 19.9 Å². The molecule has 2 atom stereocenters. The highest BCUT2D eigenvalue weighted by molar-refractivity contribution is 7.89. The largest absolute Gasteiger partial charge is 0.298 e. The number of nitrogens with zero attached hydrogens (tertiary/aromatic N) is 2. The first-order valence-electron chi connectivity index (χ1n) is 10.4. The summed E-state index contributed by atoms with van der Waals surface area (Å²) in [6, 6.07) is 10.2. The van der Waals surface area contributed by atoms with Crippen molar-refractivity contribution in [3.8, 4) is 0 Å². The average molecular weight is 458 g/mol. The number of carbonyl (C=O) groups excluding carboxylic acids is 1. The molecule has 1 amide bonds. The maximum Gasteiger partial charge on any atom is 0.257 e. The fourth-order valence-corrected chi connectivity index (χ4v) is 6.75. The molecule has 0 radical (unpaired) electrons. The molecule has 4 rings (SSSR count). The van der Waals surface area contributed by atoms with Gasteiger partial charge in [-0.25, -0.2) is 13.4 Å². The first-order valence-corrected chi connectivity index (χ1v) is 12.7. The number of piperidine rings is 1. The van der Waals surface area contributed by atoms with Crippen molar-refractivity contribution in [2.24, 2.45) is 11.8 Å². The first-order chi connectivity index (χ1) is 14.6. The van der Waals surface area contributed by atoms with Crippen molar-refractivity contribution in [2.45, 2.75) is 39.0 Å². The lowest BCUT2D eigenvalue weighted by Crippen LogP contribution is -2.42. The van der Waals surface area contributed by atoms with E-state index in [0.717, 1.165) is 22.2 Å². The number of aryl methyl sites for hydroxylation is 2. The Morgan fingerprint density at radius 2 is 1.68 bits per heavy atom. The Labute approximate surface area is 187 Å². The van der Waals surface area contributed by atoms with E-state index in [0.29, 0.717) is 35.6 Å². The fraction of sp³-hybridized carbons (Fsp3) is 0.391. The van der Waals surface area contributed by atoms with Gasteiger partial charge in [-0.05, 0) is 79.6 Å². The van der Waals surface area contributed by atoms with Crippen LogP contribution in [0.2, 0.25) is 0 Å². The average Bonchev–Trinajstić information content (AvgIpc) is 3.08. The second kappa shape index (κ2) is 8.33. The molecule has 2 aromatic carbocycles. The molecular formula is C23H27N3O3S2. The predicted octanol–water partition coefficient (Wildman–Crippen LogP) is 4.83. The Kier molecular flexibility index (Phi) is 5.89. The minimum Gasteiger partial charge on any atom is -0.298 e. The zero-order chi connectivity index (χ0) is 22.3. The number of amides is 1. The van der Waals surface area contributed by atoms with E-state index in [-0.39, 0.29) is 10.8 Å². The van der Waals surface area contributed by atoms with E-state index < -0.39 is 10.0 Å². The summed E-state index contributed by atoms with van der Waals surface area (Å²) in [5.41, 5.74) is 3.59. The molecule has 3 aromatic rings. The van der Waals surface area contributed by atoms with Gasteiger partial charge in [0.2, 0.25) is 10.0 Å². The molecule has 1 saturated heterocycles. The highest BCUT2D eigenvalue weighted by Gasteiger charge is 2.31. The second-order valence-electron chi connectivity index (χ2n) is 8.67. The maximum atomic E-state index is 13.0. The SMILES string of the molecule is Cc1cc2nc(NC(=O)c3ccc(S(=O)(=O)N4CC(C)CC(C)C4)cc3)sc2cc1C. The molecule has 1 aliphatic heterocycles. The van der Waals surface area contributed by atoms with Gasteiger partial charge in [0, 0.05) is 18.7 Å². The number of nitrogens with one attached hydrogen (secondary N) is 1. The molecule has 2 unspecified atom stereocenters. The lowest BCUT2D eigenvalue weighted by Gasteiger charge is -2.34. The number of rotatable bonds is 4.